The van der Waals surface area contributed by atoms with Crippen LogP contribution in [-0.2, 0) is 14.4 Å². The van der Waals surface area contributed by atoms with E-state index in [-0.39, 0.29) is 23.8 Å². The number of nitrogens with zero attached hydrogens (tertiary/aromatic N) is 1. The van der Waals surface area contributed by atoms with Crippen LogP contribution in [0.15, 0.2) is 24.3 Å². The van der Waals surface area contributed by atoms with Crippen molar-refractivity contribution in [1.29, 1.82) is 0 Å². The first kappa shape index (κ1) is 22.3. The number of benzene rings is 1. The highest BCUT2D eigenvalue weighted by Crippen LogP contribution is 2.40. The van der Waals surface area contributed by atoms with E-state index in [0.717, 1.165) is 12.0 Å². The standard InChI is InChI=1S/C24H35N3O3/c1-15(17-8-10-18(11-9-17)19-12-13-19)25-22(29)20-7-6-14-27(20)23(30)21(24(3,4)5)26-16(2)28/h8-11,15,19-21H,6-7,12-14H2,1-5H3,(H,25,29)(H,26,28). The third-order valence-corrected chi connectivity index (χ3v) is 6.14. The molecule has 6 nitrogen and oxygen atoms in total. The van der Waals surface area contributed by atoms with Gasteiger partial charge in [0.2, 0.25) is 17.7 Å². The van der Waals surface area contributed by atoms with E-state index < -0.39 is 17.5 Å². The molecule has 0 spiro atoms. The molecule has 30 heavy (non-hydrogen) atoms. The summed E-state index contributed by atoms with van der Waals surface area (Å²) < 4.78 is 0. The van der Waals surface area contributed by atoms with Gasteiger partial charge in [-0.3, -0.25) is 14.4 Å². The van der Waals surface area contributed by atoms with Gasteiger partial charge in [-0.2, -0.15) is 0 Å². The van der Waals surface area contributed by atoms with E-state index in [2.05, 4.69) is 34.9 Å². The van der Waals surface area contributed by atoms with Gasteiger partial charge < -0.3 is 15.5 Å². The quantitative estimate of drug-likeness (QED) is 0.751. The molecule has 3 amide bonds. The van der Waals surface area contributed by atoms with Crippen molar-refractivity contribution in [3.05, 3.63) is 35.4 Å². The van der Waals surface area contributed by atoms with E-state index in [9.17, 15) is 14.4 Å². The van der Waals surface area contributed by atoms with Crippen molar-refractivity contribution >= 4 is 17.7 Å². The highest BCUT2D eigenvalue weighted by molar-refractivity contribution is 5.92. The Balaban J connectivity index is 1.66. The minimum absolute atomic E-state index is 0.128. The van der Waals surface area contributed by atoms with Crippen molar-refractivity contribution in [2.24, 2.45) is 5.41 Å². The average molecular weight is 414 g/mol. The van der Waals surface area contributed by atoms with Crippen LogP contribution in [0.2, 0.25) is 0 Å². The second-order valence-electron chi connectivity index (χ2n) is 9.86. The van der Waals surface area contributed by atoms with Crippen molar-refractivity contribution in [3.8, 4) is 0 Å². The third-order valence-electron chi connectivity index (χ3n) is 6.14. The summed E-state index contributed by atoms with van der Waals surface area (Å²) in [5.74, 6) is 0.153. The summed E-state index contributed by atoms with van der Waals surface area (Å²) in [6.07, 6.45) is 3.96. The molecule has 2 N–H and O–H groups in total. The Morgan fingerprint density at radius 3 is 2.20 bits per heavy atom. The maximum absolute atomic E-state index is 13.2. The highest BCUT2D eigenvalue weighted by Gasteiger charge is 2.41. The van der Waals surface area contributed by atoms with Crippen LogP contribution in [0.4, 0.5) is 0 Å². The van der Waals surface area contributed by atoms with Crippen LogP contribution < -0.4 is 10.6 Å². The first-order valence-electron chi connectivity index (χ1n) is 11.1. The molecule has 0 radical (unpaired) electrons. The second-order valence-corrected chi connectivity index (χ2v) is 9.86. The SMILES string of the molecule is CC(=O)NC(C(=O)N1CCCC1C(=O)NC(C)c1ccc(C2CC2)cc1)C(C)(C)C. The number of hydrogen-bond donors (Lipinski definition) is 2. The van der Waals surface area contributed by atoms with Crippen molar-refractivity contribution in [2.75, 3.05) is 6.54 Å². The van der Waals surface area contributed by atoms with E-state index in [1.54, 1.807) is 4.90 Å². The average Bonchev–Trinajstić information content (AvgIpc) is 3.40. The van der Waals surface area contributed by atoms with Crippen LogP contribution in [0.3, 0.4) is 0 Å². The first-order chi connectivity index (χ1) is 14.1. The van der Waals surface area contributed by atoms with E-state index in [1.165, 1.54) is 25.3 Å². The molecule has 0 aromatic heterocycles. The highest BCUT2D eigenvalue weighted by atomic mass is 16.2. The van der Waals surface area contributed by atoms with Crippen molar-refractivity contribution < 1.29 is 14.4 Å². The van der Waals surface area contributed by atoms with Crippen LogP contribution in [0.25, 0.3) is 0 Å². The maximum atomic E-state index is 13.2. The molecule has 1 aromatic carbocycles. The molecule has 2 aliphatic rings. The predicted octanol–water partition coefficient (Wildman–Crippen LogP) is 3.28. The van der Waals surface area contributed by atoms with E-state index in [4.69, 9.17) is 0 Å². The topological polar surface area (TPSA) is 78.5 Å². The van der Waals surface area contributed by atoms with Gasteiger partial charge in [0, 0.05) is 13.5 Å². The van der Waals surface area contributed by atoms with Gasteiger partial charge in [-0.25, -0.2) is 0 Å². The summed E-state index contributed by atoms with van der Waals surface area (Å²) in [7, 11) is 0. The predicted molar refractivity (Wildman–Crippen MR) is 117 cm³/mol. The van der Waals surface area contributed by atoms with Gasteiger partial charge in [0.25, 0.3) is 0 Å². The Bertz CT molecular complexity index is 793. The molecule has 1 heterocycles. The molecule has 2 fully saturated rings. The number of carbonyl (C=O) groups is 3. The molecular weight excluding hydrogens is 378 g/mol. The largest absolute Gasteiger partial charge is 0.348 e. The summed E-state index contributed by atoms with van der Waals surface area (Å²) in [6, 6.07) is 7.20. The smallest absolute Gasteiger partial charge is 0.246 e. The van der Waals surface area contributed by atoms with Gasteiger partial charge in [0.15, 0.2) is 0 Å². The van der Waals surface area contributed by atoms with Crippen molar-refractivity contribution in [3.63, 3.8) is 0 Å². The molecule has 3 rings (SSSR count). The van der Waals surface area contributed by atoms with E-state index in [1.807, 2.05) is 27.7 Å². The molecule has 1 saturated carbocycles. The number of likely N-dealkylation sites (tertiary alicyclic amines) is 1. The summed E-state index contributed by atoms with van der Waals surface area (Å²) in [5, 5.41) is 5.87. The fraction of sp³-hybridized carbons (Fsp3) is 0.625. The van der Waals surface area contributed by atoms with Crippen molar-refractivity contribution in [2.45, 2.75) is 84.3 Å². The summed E-state index contributed by atoms with van der Waals surface area (Å²) in [5.41, 5.74) is 1.99. The zero-order valence-electron chi connectivity index (χ0n) is 18.8. The van der Waals surface area contributed by atoms with Gasteiger partial charge in [-0.1, -0.05) is 45.0 Å². The number of amides is 3. The minimum atomic E-state index is -0.657. The maximum Gasteiger partial charge on any atom is 0.246 e. The van der Waals surface area contributed by atoms with E-state index >= 15 is 0 Å². The molecule has 3 atom stereocenters. The summed E-state index contributed by atoms with van der Waals surface area (Å²) >= 11 is 0. The Hall–Kier alpha value is -2.37. The molecule has 1 saturated heterocycles. The first-order valence-corrected chi connectivity index (χ1v) is 11.1. The second kappa shape index (κ2) is 8.78. The zero-order chi connectivity index (χ0) is 22.1. The number of hydrogen-bond acceptors (Lipinski definition) is 3. The van der Waals surface area contributed by atoms with Crippen LogP contribution in [0, 0.1) is 5.41 Å². The Kier molecular flexibility index (Phi) is 6.53. The minimum Gasteiger partial charge on any atom is -0.348 e. The number of carbonyl (C=O) groups excluding carboxylic acids is 3. The third kappa shape index (κ3) is 5.21. The molecule has 164 valence electrons. The van der Waals surface area contributed by atoms with E-state index in [0.29, 0.717) is 18.9 Å². The fourth-order valence-corrected chi connectivity index (χ4v) is 4.19. The summed E-state index contributed by atoms with van der Waals surface area (Å²) in [6.45, 7) is 9.68. The van der Waals surface area contributed by atoms with Gasteiger partial charge in [-0.15, -0.1) is 0 Å². The van der Waals surface area contributed by atoms with Gasteiger partial charge >= 0.3 is 0 Å². The zero-order valence-corrected chi connectivity index (χ0v) is 18.8. The van der Waals surface area contributed by atoms with Crippen molar-refractivity contribution in [1.82, 2.24) is 15.5 Å². The van der Waals surface area contributed by atoms with Gasteiger partial charge in [0.05, 0.1) is 6.04 Å². The molecule has 3 unspecified atom stereocenters. The van der Waals surface area contributed by atoms with Crippen LogP contribution in [0.5, 0.6) is 0 Å². The molecule has 1 aliphatic carbocycles. The lowest BCUT2D eigenvalue weighted by atomic mass is 9.85. The Labute approximate surface area is 179 Å². The summed E-state index contributed by atoms with van der Waals surface area (Å²) in [4.78, 5) is 39.6. The molecule has 1 aliphatic heterocycles. The van der Waals surface area contributed by atoms with Crippen LogP contribution in [0.1, 0.15) is 83.4 Å². The Morgan fingerprint density at radius 1 is 1.03 bits per heavy atom. The van der Waals surface area contributed by atoms with Gasteiger partial charge in [-0.05, 0) is 55.1 Å². The lowest BCUT2D eigenvalue weighted by Gasteiger charge is -2.35. The lowest BCUT2D eigenvalue weighted by Crippen LogP contribution is -2.57. The normalized spacial score (nSPS) is 21.1. The monoisotopic (exact) mass is 413 g/mol. The lowest BCUT2D eigenvalue weighted by molar-refractivity contribution is -0.143. The number of rotatable bonds is 6. The fourth-order valence-electron chi connectivity index (χ4n) is 4.19. The van der Waals surface area contributed by atoms with Crippen LogP contribution in [-0.4, -0.2) is 41.2 Å². The molecular formula is C24H35N3O3. The molecule has 6 heteroatoms. The Morgan fingerprint density at radius 2 is 1.67 bits per heavy atom. The number of nitrogens with one attached hydrogen (secondary N) is 2. The van der Waals surface area contributed by atoms with Crippen LogP contribution >= 0.6 is 0 Å². The molecule has 0 bridgehead atoms. The molecule has 1 aromatic rings. The van der Waals surface area contributed by atoms with Gasteiger partial charge in [0.1, 0.15) is 12.1 Å².